The lowest BCUT2D eigenvalue weighted by Gasteiger charge is -2.14. The van der Waals surface area contributed by atoms with Crippen LogP contribution in [0.4, 0.5) is 4.79 Å². The molecule has 4 rings (SSSR count). The first-order chi connectivity index (χ1) is 15.4. The number of nitrogens with one attached hydrogen (secondary N) is 1. The second-order valence-electron chi connectivity index (χ2n) is 8.35. The summed E-state index contributed by atoms with van der Waals surface area (Å²) >= 11 is 0. The second kappa shape index (κ2) is 9.21. The number of carboxylic acids is 1. The summed E-state index contributed by atoms with van der Waals surface area (Å²) in [5, 5.41) is 20.0. The smallest absolute Gasteiger partial charge is 0.407 e. The lowest BCUT2D eigenvalue weighted by molar-refractivity contribution is -0.141. The maximum Gasteiger partial charge on any atom is 0.407 e. The van der Waals surface area contributed by atoms with Gasteiger partial charge in [0.2, 0.25) is 0 Å². The number of fused-ring (bicyclic) bond motifs is 3. The molecular weight excluding hydrogens is 408 g/mol. The Hall–Kier alpha value is -3.68. The van der Waals surface area contributed by atoms with Crippen LogP contribution in [0.3, 0.4) is 0 Å². The fourth-order valence-corrected chi connectivity index (χ4v) is 4.13. The van der Waals surface area contributed by atoms with Crippen molar-refractivity contribution in [2.75, 3.05) is 6.61 Å². The molecule has 1 atom stereocenters. The van der Waals surface area contributed by atoms with E-state index in [9.17, 15) is 14.7 Å². The summed E-state index contributed by atoms with van der Waals surface area (Å²) < 4.78 is 6.84. The molecule has 2 aromatic carbocycles. The summed E-state index contributed by atoms with van der Waals surface area (Å²) in [6.07, 6.45) is 1.43. The molecule has 0 spiro atoms. The largest absolute Gasteiger partial charge is 0.480 e. The highest BCUT2D eigenvalue weighted by Gasteiger charge is 2.29. The predicted octanol–water partition coefficient (Wildman–Crippen LogP) is 3.99. The van der Waals surface area contributed by atoms with Gasteiger partial charge in [-0.1, -0.05) is 67.6 Å². The molecule has 0 saturated heterocycles. The molecule has 1 amide bonds. The number of hydrogen-bond donors (Lipinski definition) is 2. The van der Waals surface area contributed by atoms with E-state index in [1.807, 2.05) is 38.1 Å². The highest BCUT2D eigenvalue weighted by Crippen LogP contribution is 2.44. The fraction of sp³-hybridized carbons (Fsp3) is 0.333. The van der Waals surface area contributed by atoms with Crippen molar-refractivity contribution in [1.82, 2.24) is 20.3 Å². The number of nitrogens with zero attached hydrogens (tertiary/aromatic N) is 3. The highest BCUT2D eigenvalue weighted by atomic mass is 16.5. The third-order valence-corrected chi connectivity index (χ3v) is 5.61. The standard InChI is InChI=1S/C24H26N4O4/c1-15(2)11-22(23(29)30)28-13-16(26-27-28)12-25-24(31)32-14-21-19-9-5-3-7-17(19)18-8-4-6-10-20(18)21/h3-10,13,15,21-22H,11-12,14H2,1-2H3,(H,25,31)(H,29,30). The number of aliphatic carboxylic acids is 1. The number of carbonyl (C=O) groups excluding carboxylic acids is 1. The molecule has 8 nitrogen and oxygen atoms in total. The molecular formula is C24H26N4O4. The summed E-state index contributed by atoms with van der Waals surface area (Å²) in [6, 6.07) is 15.5. The van der Waals surface area contributed by atoms with E-state index in [1.165, 1.54) is 15.8 Å². The van der Waals surface area contributed by atoms with Gasteiger partial charge in [0.15, 0.2) is 6.04 Å². The first-order valence-corrected chi connectivity index (χ1v) is 10.7. The van der Waals surface area contributed by atoms with E-state index >= 15 is 0 Å². The molecule has 1 unspecified atom stereocenters. The SMILES string of the molecule is CC(C)CC(C(=O)O)n1cc(CNC(=O)OCC2c3ccccc3-c3ccccc32)nn1. The Morgan fingerprint density at radius 2 is 1.72 bits per heavy atom. The predicted molar refractivity (Wildman–Crippen MR) is 118 cm³/mol. The maximum atomic E-state index is 12.3. The van der Waals surface area contributed by atoms with Crippen LogP contribution >= 0.6 is 0 Å². The molecule has 32 heavy (non-hydrogen) atoms. The Balaban J connectivity index is 1.35. The normalized spacial score (nSPS) is 13.5. The number of hydrogen-bond acceptors (Lipinski definition) is 5. The monoisotopic (exact) mass is 434 g/mol. The van der Waals surface area contributed by atoms with Crippen molar-refractivity contribution in [3.63, 3.8) is 0 Å². The second-order valence-corrected chi connectivity index (χ2v) is 8.35. The van der Waals surface area contributed by atoms with Gasteiger partial charge >= 0.3 is 12.1 Å². The molecule has 1 aliphatic carbocycles. The van der Waals surface area contributed by atoms with Crippen LogP contribution in [0.25, 0.3) is 11.1 Å². The van der Waals surface area contributed by atoms with Gasteiger partial charge in [-0.15, -0.1) is 5.10 Å². The van der Waals surface area contributed by atoms with E-state index in [4.69, 9.17) is 4.74 Å². The lowest BCUT2D eigenvalue weighted by Crippen LogP contribution is -2.26. The minimum Gasteiger partial charge on any atom is -0.480 e. The van der Waals surface area contributed by atoms with Crippen LogP contribution in [0, 0.1) is 5.92 Å². The molecule has 0 aliphatic heterocycles. The zero-order chi connectivity index (χ0) is 22.7. The van der Waals surface area contributed by atoms with Crippen molar-refractivity contribution in [3.8, 4) is 11.1 Å². The van der Waals surface area contributed by atoms with Gasteiger partial charge in [0.1, 0.15) is 12.3 Å². The van der Waals surface area contributed by atoms with Crippen molar-refractivity contribution in [3.05, 3.63) is 71.5 Å². The van der Waals surface area contributed by atoms with Crippen LogP contribution in [0.5, 0.6) is 0 Å². The zero-order valence-corrected chi connectivity index (χ0v) is 18.1. The molecule has 8 heteroatoms. The number of amides is 1. The number of ether oxygens (including phenoxy) is 1. The van der Waals surface area contributed by atoms with Gasteiger partial charge in [-0.3, -0.25) is 0 Å². The highest BCUT2D eigenvalue weighted by molar-refractivity contribution is 5.79. The van der Waals surface area contributed by atoms with Gasteiger partial charge in [0.25, 0.3) is 0 Å². The van der Waals surface area contributed by atoms with Gasteiger partial charge in [0, 0.05) is 5.92 Å². The van der Waals surface area contributed by atoms with Gasteiger partial charge in [-0.2, -0.15) is 0 Å². The molecule has 1 heterocycles. The minimum atomic E-state index is -0.959. The third kappa shape index (κ3) is 4.49. The van der Waals surface area contributed by atoms with Crippen LogP contribution in [0.1, 0.15) is 49.0 Å². The van der Waals surface area contributed by atoms with Gasteiger partial charge in [0.05, 0.1) is 12.7 Å². The Bertz CT molecular complexity index is 1080. The Kier molecular flexibility index (Phi) is 6.20. The molecule has 1 aliphatic rings. The molecule has 2 N–H and O–H groups in total. The van der Waals surface area contributed by atoms with Crippen LogP contribution in [0.2, 0.25) is 0 Å². The van der Waals surface area contributed by atoms with Crippen molar-refractivity contribution in [2.24, 2.45) is 5.92 Å². The van der Waals surface area contributed by atoms with E-state index in [2.05, 4.69) is 39.9 Å². The molecule has 166 valence electrons. The van der Waals surface area contributed by atoms with Crippen molar-refractivity contribution >= 4 is 12.1 Å². The van der Waals surface area contributed by atoms with Gasteiger partial charge < -0.3 is 15.2 Å². The van der Waals surface area contributed by atoms with Gasteiger partial charge in [-0.05, 0) is 34.6 Å². The summed E-state index contributed by atoms with van der Waals surface area (Å²) in [4.78, 5) is 23.8. The number of carbonyl (C=O) groups is 2. The molecule has 0 saturated carbocycles. The van der Waals surface area contributed by atoms with E-state index < -0.39 is 18.1 Å². The zero-order valence-electron chi connectivity index (χ0n) is 18.1. The van der Waals surface area contributed by atoms with Crippen molar-refractivity contribution in [2.45, 2.75) is 38.8 Å². The van der Waals surface area contributed by atoms with Gasteiger partial charge in [-0.25, -0.2) is 14.3 Å². The number of aromatic nitrogens is 3. The van der Waals surface area contributed by atoms with Crippen molar-refractivity contribution in [1.29, 1.82) is 0 Å². The van der Waals surface area contributed by atoms with E-state index in [0.29, 0.717) is 12.1 Å². The summed E-state index contributed by atoms with van der Waals surface area (Å²) in [5.74, 6) is -0.774. The van der Waals surface area contributed by atoms with Crippen LogP contribution < -0.4 is 5.32 Å². The number of rotatable bonds is 8. The molecule has 0 bridgehead atoms. The van der Waals surface area contributed by atoms with E-state index in [-0.39, 0.29) is 25.0 Å². The average molecular weight is 434 g/mol. The summed E-state index contributed by atoms with van der Waals surface area (Å²) in [7, 11) is 0. The molecule has 3 aromatic rings. The number of carboxylic acid groups (broad SMARTS) is 1. The first kappa shape index (κ1) is 21.5. The lowest BCUT2D eigenvalue weighted by atomic mass is 9.98. The Morgan fingerprint density at radius 3 is 2.31 bits per heavy atom. The van der Waals surface area contributed by atoms with E-state index in [0.717, 1.165) is 11.1 Å². The number of benzene rings is 2. The van der Waals surface area contributed by atoms with Crippen LogP contribution in [-0.4, -0.2) is 38.8 Å². The van der Waals surface area contributed by atoms with Crippen molar-refractivity contribution < 1.29 is 19.4 Å². The first-order valence-electron chi connectivity index (χ1n) is 10.7. The Morgan fingerprint density at radius 1 is 1.09 bits per heavy atom. The summed E-state index contributed by atoms with van der Waals surface area (Å²) in [6.45, 7) is 4.23. The fourth-order valence-electron chi connectivity index (χ4n) is 4.13. The number of alkyl carbamates (subject to hydrolysis) is 1. The van der Waals surface area contributed by atoms with Crippen LogP contribution in [-0.2, 0) is 16.1 Å². The Labute approximate surface area is 186 Å². The van der Waals surface area contributed by atoms with Crippen LogP contribution in [0.15, 0.2) is 54.7 Å². The quantitative estimate of drug-likeness (QED) is 0.555. The van der Waals surface area contributed by atoms with E-state index in [1.54, 1.807) is 6.20 Å². The molecule has 0 radical (unpaired) electrons. The summed E-state index contributed by atoms with van der Waals surface area (Å²) in [5.41, 5.74) is 5.10. The minimum absolute atomic E-state index is 0.0126. The maximum absolute atomic E-state index is 12.3. The third-order valence-electron chi connectivity index (χ3n) is 5.61. The average Bonchev–Trinajstić information content (AvgIpc) is 3.37. The topological polar surface area (TPSA) is 106 Å². The molecule has 0 fully saturated rings. The molecule has 1 aromatic heterocycles.